The minimum absolute atomic E-state index is 0.0828. The minimum Gasteiger partial charge on any atom is -0.488 e. The molecule has 0 unspecified atom stereocenters. The molecule has 10 heteroatoms. The predicted octanol–water partition coefficient (Wildman–Crippen LogP) is 13.3. The molecule has 7 nitrogen and oxygen atoms in total. The Kier molecular flexibility index (Phi) is 18.2. The summed E-state index contributed by atoms with van der Waals surface area (Å²) >= 11 is 1.36. The maximum absolute atomic E-state index is 14.5. The molecule has 0 aromatic heterocycles. The van der Waals surface area contributed by atoms with Crippen LogP contribution in [-0.4, -0.2) is 57.3 Å². The topological polar surface area (TPSA) is 83.1 Å². The first-order chi connectivity index (χ1) is 27.6. The molecule has 0 saturated heterocycles. The summed E-state index contributed by atoms with van der Waals surface area (Å²) in [4.78, 5) is 28.1. The molecule has 0 aliphatic rings. The monoisotopic (exact) mass is 876 g/mol. The number of alkyl carbamates (subject to hydrolysis) is 1. The third-order valence-electron chi connectivity index (χ3n) is 11.4. The Labute approximate surface area is 370 Å². The molecular formula is C50H77NO6SSi2. The van der Waals surface area contributed by atoms with Gasteiger partial charge in [-0.3, -0.25) is 4.79 Å². The van der Waals surface area contributed by atoms with E-state index in [1.807, 2.05) is 90.1 Å². The Morgan fingerprint density at radius 3 is 1.65 bits per heavy atom. The molecule has 0 spiro atoms. The highest BCUT2D eigenvalue weighted by Crippen LogP contribution is 2.41. The number of rotatable bonds is 18. The van der Waals surface area contributed by atoms with Gasteiger partial charge in [0.15, 0.2) is 21.8 Å². The van der Waals surface area contributed by atoms with Crippen LogP contribution in [0.1, 0.15) is 106 Å². The Morgan fingerprint density at radius 2 is 1.15 bits per heavy atom. The van der Waals surface area contributed by atoms with Crippen molar-refractivity contribution in [2.24, 2.45) is 5.92 Å². The van der Waals surface area contributed by atoms with E-state index in [4.69, 9.17) is 18.3 Å². The van der Waals surface area contributed by atoms with Crippen molar-refractivity contribution in [3.05, 3.63) is 114 Å². The van der Waals surface area contributed by atoms with Crippen molar-refractivity contribution in [3.63, 3.8) is 0 Å². The fourth-order valence-corrected chi connectivity index (χ4v) is 9.62. The Balaban J connectivity index is 2.13. The number of amides is 1. The van der Waals surface area contributed by atoms with E-state index < -0.39 is 52.5 Å². The van der Waals surface area contributed by atoms with Gasteiger partial charge < -0.3 is 23.6 Å². The van der Waals surface area contributed by atoms with Gasteiger partial charge in [-0.1, -0.05) is 138 Å². The van der Waals surface area contributed by atoms with Crippen LogP contribution in [0.15, 0.2) is 97.1 Å². The van der Waals surface area contributed by atoms with Crippen molar-refractivity contribution < 1.29 is 27.9 Å². The van der Waals surface area contributed by atoms with Crippen molar-refractivity contribution in [2.45, 2.75) is 174 Å². The van der Waals surface area contributed by atoms with E-state index in [1.165, 1.54) is 11.8 Å². The lowest BCUT2D eigenvalue weighted by molar-refractivity contribution is -0.116. The number of benzene rings is 3. The van der Waals surface area contributed by atoms with Crippen LogP contribution in [-0.2, 0) is 37.0 Å². The highest BCUT2D eigenvalue weighted by Gasteiger charge is 2.43. The largest absolute Gasteiger partial charge is 0.488 e. The lowest BCUT2D eigenvalue weighted by Crippen LogP contribution is -2.53. The van der Waals surface area contributed by atoms with Crippen molar-refractivity contribution in [1.82, 2.24) is 5.32 Å². The van der Waals surface area contributed by atoms with Crippen LogP contribution in [0.4, 0.5) is 4.79 Å². The summed E-state index contributed by atoms with van der Waals surface area (Å²) in [6.45, 7) is 34.1. The second-order valence-corrected chi connectivity index (χ2v) is 31.6. The van der Waals surface area contributed by atoms with Crippen molar-refractivity contribution in [2.75, 3.05) is 0 Å². The van der Waals surface area contributed by atoms with Crippen LogP contribution >= 0.6 is 11.8 Å². The van der Waals surface area contributed by atoms with E-state index in [-0.39, 0.29) is 20.8 Å². The van der Waals surface area contributed by atoms with E-state index in [1.54, 1.807) is 0 Å². The average molecular weight is 876 g/mol. The smallest absolute Gasteiger partial charge is 0.407 e. The van der Waals surface area contributed by atoms with Crippen LogP contribution in [0, 0.1) is 5.92 Å². The lowest BCUT2D eigenvalue weighted by Gasteiger charge is -2.42. The summed E-state index contributed by atoms with van der Waals surface area (Å²) < 4.78 is 26.5. The fourth-order valence-electron chi connectivity index (χ4n) is 6.04. The minimum atomic E-state index is -2.38. The normalized spacial score (nSPS) is 15.3. The van der Waals surface area contributed by atoms with E-state index in [0.29, 0.717) is 25.0 Å². The van der Waals surface area contributed by atoms with Crippen molar-refractivity contribution in [3.8, 4) is 5.75 Å². The molecule has 332 valence electrons. The molecule has 3 rings (SSSR count). The summed E-state index contributed by atoms with van der Waals surface area (Å²) in [7, 11) is -4.76. The van der Waals surface area contributed by atoms with Crippen LogP contribution < -0.4 is 10.1 Å². The molecule has 0 aliphatic heterocycles. The third-order valence-corrected chi connectivity index (χ3v) is 21.4. The highest BCUT2D eigenvalue weighted by molar-refractivity contribution is 8.13. The molecule has 0 heterocycles. The first-order valence-corrected chi connectivity index (χ1v) is 28.4. The maximum Gasteiger partial charge on any atom is 0.407 e. The Morgan fingerprint density at radius 1 is 0.650 bits per heavy atom. The molecule has 0 saturated carbocycles. The van der Waals surface area contributed by atoms with Crippen LogP contribution in [0.5, 0.6) is 5.75 Å². The van der Waals surface area contributed by atoms with E-state index in [2.05, 4.69) is 122 Å². The third kappa shape index (κ3) is 17.3. The van der Waals surface area contributed by atoms with Gasteiger partial charge in [0, 0.05) is 5.75 Å². The van der Waals surface area contributed by atoms with Crippen LogP contribution in [0.25, 0.3) is 0 Å². The molecule has 3 aromatic carbocycles. The van der Waals surface area contributed by atoms with Crippen LogP contribution in [0.3, 0.4) is 0 Å². The van der Waals surface area contributed by atoms with E-state index in [0.717, 1.165) is 22.4 Å². The zero-order valence-electron chi connectivity index (χ0n) is 39.7. The van der Waals surface area contributed by atoms with Gasteiger partial charge in [0.1, 0.15) is 17.0 Å². The van der Waals surface area contributed by atoms with Gasteiger partial charge in [-0.05, 0) is 126 Å². The standard InChI is InChI=1S/C50H77NO6SSi2/c1-47(2,3)54-40-32-30-38(31-33-40)35-42(51-46(53)55-48(4,5)6)44(57-60(15,16)50(10,11)12)29-23-28-43(56-59(13,14)49(7,8)9)41(34-37-24-19-17-20-25-37)45(52)58-36-39-26-21-18-22-27-39/h17-28,30-33,41-44H,29,34-36H2,1-16H3,(H,51,53)/t41-,42+,43+,44+/m1/s1. The molecule has 3 aromatic rings. The quantitative estimate of drug-likeness (QED) is 0.101. The van der Waals surface area contributed by atoms with Crippen molar-refractivity contribution in [1.29, 1.82) is 0 Å². The predicted molar refractivity (Wildman–Crippen MR) is 258 cm³/mol. The molecule has 0 bridgehead atoms. The number of carbonyl (C=O) groups excluding carboxylic acids is 2. The van der Waals surface area contributed by atoms with E-state index in [9.17, 15) is 9.59 Å². The molecule has 0 radical (unpaired) electrons. The molecule has 60 heavy (non-hydrogen) atoms. The maximum atomic E-state index is 14.5. The zero-order valence-corrected chi connectivity index (χ0v) is 42.5. The van der Waals surface area contributed by atoms with Gasteiger partial charge in [-0.2, -0.15) is 0 Å². The molecule has 1 N–H and O–H groups in total. The summed E-state index contributed by atoms with van der Waals surface area (Å²) in [6, 6.07) is 28.0. The van der Waals surface area contributed by atoms with Gasteiger partial charge in [-0.25, -0.2) is 4.79 Å². The summed E-state index contributed by atoms with van der Waals surface area (Å²) in [5, 5.41) is 3.17. The average Bonchev–Trinajstić information content (AvgIpc) is 3.11. The first kappa shape index (κ1) is 51.2. The van der Waals surface area contributed by atoms with Gasteiger partial charge in [0.05, 0.1) is 24.2 Å². The number of thioether (sulfide) groups is 1. The first-order valence-electron chi connectivity index (χ1n) is 21.6. The summed E-state index contributed by atoms with van der Waals surface area (Å²) in [6.07, 6.45) is 4.40. The van der Waals surface area contributed by atoms with Gasteiger partial charge in [0.2, 0.25) is 0 Å². The Bertz CT molecular complexity index is 1800. The number of carbonyl (C=O) groups is 2. The van der Waals surface area contributed by atoms with Gasteiger partial charge >= 0.3 is 6.09 Å². The second-order valence-electron chi connectivity index (χ2n) is 21.1. The lowest BCUT2D eigenvalue weighted by atomic mass is 9.94. The molecule has 0 aliphatic carbocycles. The molecule has 1 amide bonds. The highest BCUT2D eigenvalue weighted by atomic mass is 32.2. The second kappa shape index (κ2) is 21.3. The number of ether oxygens (including phenoxy) is 2. The number of nitrogens with one attached hydrogen (secondary N) is 1. The number of hydrogen-bond acceptors (Lipinski definition) is 7. The molecule has 0 fully saturated rings. The van der Waals surface area contributed by atoms with Crippen molar-refractivity contribution >= 4 is 39.6 Å². The molecular weight excluding hydrogens is 799 g/mol. The fraction of sp³-hybridized carbons (Fsp3) is 0.560. The Hall–Kier alpha value is -3.16. The number of hydrogen-bond donors (Lipinski definition) is 1. The summed E-state index contributed by atoms with van der Waals surface area (Å²) in [5.41, 5.74) is 2.23. The van der Waals surface area contributed by atoms with Crippen LogP contribution in [0.2, 0.25) is 36.3 Å². The zero-order chi connectivity index (χ0) is 45.2. The SMILES string of the molecule is CC(C)(C)OC(=O)N[C@@H](Cc1ccc(OC(C)(C)C)cc1)[C@H](CC=C[C@H](O[Si](C)(C)C(C)(C)C)[C@@H](Cc1ccccc1)C(=O)SCc1ccccc1)O[Si](C)(C)C(C)(C)C. The van der Waals surface area contributed by atoms with E-state index >= 15 is 0 Å². The molecule has 4 atom stereocenters. The van der Waals surface area contributed by atoms with Gasteiger partial charge in [-0.15, -0.1) is 0 Å². The summed E-state index contributed by atoms with van der Waals surface area (Å²) in [5.74, 6) is 0.940. The van der Waals surface area contributed by atoms with Gasteiger partial charge in [0.25, 0.3) is 0 Å².